The Bertz CT molecular complexity index is 480. The lowest BCUT2D eigenvalue weighted by Gasteiger charge is -2.10. The molecule has 1 aliphatic carbocycles. The summed E-state index contributed by atoms with van der Waals surface area (Å²) < 4.78 is 11.0. The van der Waals surface area contributed by atoms with Crippen molar-refractivity contribution in [1.82, 2.24) is 0 Å². The first-order valence-corrected chi connectivity index (χ1v) is 6.58. The molecular formula is C13H13BrO4. The lowest BCUT2D eigenvalue weighted by molar-refractivity contribution is -0.137. The van der Waals surface area contributed by atoms with Gasteiger partial charge in [-0.1, -0.05) is 15.9 Å². The molecule has 0 aromatic heterocycles. The van der Waals surface area contributed by atoms with Crippen molar-refractivity contribution in [1.29, 1.82) is 0 Å². The first-order chi connectivity index (χ1) is 8.61. The van der Waals surface area contributed by atoms with Crippen LogP contribution in [-0.2, 0) is 9.53 Å². The molecule has 5 heteroatoms. The smallest absolute Gasteiger partial charge is 0.379 e. The summed E-state index contributed by atoms with van der Waals surface area (Å²) in [7, 11) is 0. The van der Waals surface area contributed by atoms with Gasteiger partial charge in [-0.25, -0.2) is 4.79 Å². The molecule has 0 amide bonds. The van der Waals surface area contributed by atoms with Crippen LogP contribution < -0.4 is 4.74 Å². The molecule has 0 spiro atoms. The fraction of sp³-hybridized carbons (Fsp3) is 0.385. The number of esters is 1. The molecule has 0 atom stereocenters. The van der Waals surface area contributed by atoms with Crippen molar-refractivity contribution in [3.05, 3.63) is 28.2 Å². The monoisotopic (exact) mass is 312 g/mol. The van der Waals surface area contributed by atoms with Crippen LogP contribution in [0.15, 0.2) is 22.7 Å². The topological polar surface area (TPSA) is 52.6 Å². The summed E-state index contributed by atoms with van der Waals surface area (Å²) in [6.07, 6.45) is 2.14. The Labute approximate surface area is 113 Å². The number of ketones is 1. The van der Waals surface area contributed by atoms with E-state index >= 15 is 0 Å². The number of hydrogen-bond donors (Lipinski definition) is 0. The number of rotatable bonds is 5. The summed E-state index contributed by atoms with van der Waals surface area (Å²) in [5, 5.41) is 0. The lowest BCUT2D eigenvalue weighted by Crippen LogP contribution is -2.18. The first kappa shape index (κ1) is 13.1. The molecule has 1 aromatic carbocycles. The van der Waals surface area contributed by atoms with Gasteiger partial charge in [-0.15, -0.1) is 0 Å². The molecule has 1 aromatic rings. The van der Waals surface area contributed by atoms with E-state index in [-0.39, 0.29) is 18.3 Å². The van der Waals surface area contributed by atoms with E-state index in [9.17, 15) is 9.59 Å². The second-order valence-electron chi connectivity index (χ2n) is 4.01. The largest absolute Gasteiger partial charge is 0.490 e. The van der Waals surface area contributed by atoms with Crippen molar-refractivity contribution >= 4 is 27.7 Å². The van der Waals surface area contributed by atoms with Crippen LogP contribution in [0, 0.1) is 0 Å². The maximum atomic E-state index is 11.9. The van der Waals surface area contributed by atoms with Crippen LogP contribution in [0.25, 0.3) is 0 Å². The normalized spacial score (nSPS) is 14.1. The fourth-order valence-electron chi connectivity index (χ4n) is 1.45. The van der Waals surface area contributed by atoms with E-state index in [2.05, 4.69) is 15.9 Å². The average molecular weight is 313 g/mol. The summed E-state index contributed by atoms with van der Waals surface area (Å²) >= 11 is 3.27. The molecule has 1 aliphatic rings. The Morgan fingerprint density at radius 2 is 2.11 bits per heavy atom. The third-order valence-electron chi connectivity index (χ3n) is 2.47. The fourth-order valence-corrected chi connectivity index (χ4v) is 1.82. The summed E-state index contributed by atoms with van der Waals surface area (Å²) in [6.45, 7) is 1.84. The van der Waals surface area contributed by atoms with Crippen molar-refractivity contribution in [3.8, 4) is 5.75 Å². The van der Waals surface area contributed by atoms with Gasteiger partial charge in [0, 0.05) is 4.47 Å². The Kier molecular flexibility index (Phi) is 4.01. The molecule has 0 bridgehead atoms. The van der Waals surface area contributed by atoms with E-state index < -0.39 is 11.8 Å². The molecule has 0 saturated heterocycles. The van der Waals surface area contributed by atoms with Crippen LogP contribution in [-0.4, -0.2) is 24.5 Å². The minimum Gasteiger partial charge on any atom is -0.490 e. The second kappa shape index (κ2) is 5.52. The molecule has 0 unspecified atom stereocenters. The molecular weight excluding hydrogens is 300 g/mol. The van der Waals surface area contributed by atoms with Crippen LogP contribution in [0.2, 0.25) is 0 Å². The van der Waals surface area contributed by atoms with Gasteiger partial charge in [-0.05, 0) is 38.0 Å². The molecule has 0 N–H and O–H groups in total. The Balaban J connectivity index is 2.25. The third kappa shape index (κ3) is 3.10. The lowest BCUT2D eigenvalue weighted by atomic mass is 10.1. The van der Waals surface area contributed by atoms with Crippen molar-refractivity contribution in [2.45, 2.75) is 25.9 Å². The van der Waals surface area contributed by atoms with E-state index in [0.29, 0.717) is 5.75 Å². The van der Waals surface area contributed by atoms with Crippen molar-refractivity contribution < 1.29 is 19.1 Å². The molecule has 0 aliphatic heterocycles. The van der Waals surface area contributed by atoms with Crippen LogP contribution in [0.4, 0.5) is 0 Å². The van der Waals surface area contributed by atoms with Gasteiger partial charge in [0.25, 0.3) is 5.78 Å². The van der Waals surface area contributed by atoms with E-state index in [1.54, 1.807) is 25.1 Å². The Morgan fingerprint density at radius 3 is 2.72 bits per heavy atom. The van der Waals surface area contributed by atoms with Gasteiger partial charge >= 0.3 is 5.97 Å². The molecule has 0 heterocycles. The van der Waals surface area contributed by atoms with Gasteiger partial charge in [0.15, 0.2) is 0 Å². The second-order valence-corrected chi connectivity index (χ2v) is 4.92. The Morgan fingerprint density at radius 1 is 1.39 bits per heavy atom. The highest BCUT2D eigenvalue weighted by molar-refractivity contribution is 9.10. The van der Waals surface area contributed by atoms with Crippen LogP contribution in [0.1, 0.15) is 30.1 Å². The number of carbonyl (C=O) groups excluding carboxylic acids is 2. The number of ether oxygens (including phenoxy) is 2. The minimum atomic E-state index is -0.851. The minimum absolute atomic E-state index is 0.167. The SMILES string of the molecule is CCOC(=O)C(=O)c1cc(Br)ccc1OC1CC1. The van der Waals surface area contributed by atoms with Gasteiger partial charge in [-0.3, -0.25) is 4.79 Å². The molecule has 1 saturated carbocycles. The average Bonchev–Trinajstić information content (AvgIpc) is 3.15. The molecule has 1 fully saturated rings. The number of hydrogen-bond acceptors (Lipinski definition) is 4. The summed E-state index contributed by atoms with van der Waals surface area (Å²) in [5.74, 6) is -1.08. The van der Waals surface area contributed by atoms with Gasteiger partial charge < -0.3 is 9.47 Å². The van der Waals surface area contributed by atoms with Crippen LogP contribution in [0.3, 0.4) is 0 Å². The van der Waals surface area contributed by atoms with Gasteiger partial charge in [-0.2, -0.15) is 0 Å². The van der Waals surface area contributed by atoms with Crippen LogP contribution >= 0.6 is 15.9 Å². The maximum absolute atomic E-state index is 11.9. The zero-order valence-corrected chi connectivity index (χ0v) is 11.5. The summed E-state index contributed by atoms with van der Waals surface area (Å²) in [4.78, 5) is 23.4. The van der Waals surface area contributed by atoms with E-state index in [0.717, 1.165) is 17.3 Å². The number of benzene rings is 1. The van der Waals surface area contributed by atoms with Gasteiger partial charge in [0.1, 0.15) is 5.75 Å². The summed E-state index contributed by atoms with van der Waals surface area (Å²) in [6, 6.07) is 5.05. The predicted octanol–water partition coefficient (Wildman–Crippen LogP) is 2.74. The standard InChI is InChI=1S/C13H13BrO4/c1-2-17-13(16)12(15)10-7-8(14)3-6-11(10)18-9-4-5-9/h3,6-7,9H,2,4-5H2,1H3. The zero-order valence-electron chi connectivity index (χ0n) is 9.94. The first-order valence-electron chi connectivity index (χ1n) is 5.79. The molecule has 2 rings (SSSR count). The quantitative estimate of drug-likeness (QED) is 0.476. The predicted molar refractivity (Wildman–Crippen MR) is 68.8 cm³/mol. The van der Waals surface area contributed by atoms with Crippen molar-refractivity contribution in [2.75, 3.05) is 6.61 Å². The van der Waals surface area contributed by atoms with E-state index in [4.69, 9.17) is 9.47 Å². The van der Waals surface area contributed by atoms with Gasteiger partial charge in [0.2, 0.25) is 0 Å². The van der Waals surface area contributed by atoms with Crippen molar-refractivity contribution in [3.63, 3.8) is 0 Å². The highest BCUT2D eigenvalue weighted by atomic mass is 79.9. The highest BCUT2D eigenvalue weighted by Gasteiger charge is 2.28. The number of halogens is 1. The van der Waals surface area contributed by atoms with E-state index in [1.165, 1.54) is 0 Å². The number of Topliss-reactive ketones (excluding diaryl/α,β-unsaturated/α-hetero) is 1. The molecule has 96 valence electrons. The van der Waals surface area contributed by atoms with Crippen molar-refractivity contribution in [2.24, 2.45) is 0 Å². The van der Waals surface area contributed by atoms with Crippen LogP contribution in [0.5, 0.6) is 5.75 Å². The van der Waals surface area contributed by atoms with Gasteiger partial charge in [0.05, 0.1) is 18.3 Å². The molecule has 18 heavy (non-hydrogen) atoms. The van der Waals surface area contributed by atoms with E-state index in [1.807, 2.05) is 0 Å². The third-order valence-corrected chi connectivity index (χ3v) is 2.96. The summed E-state index contributed by atoms with van der Waals surface area (Å²) in [5.41, 5.74) is 0.245. The zero-order chi connectivity index (χ0) is 13.1. The maximum Gasteiger partial charge on any atom is 0.379 e. The highest BCUT2D eigenvalue weighted by Crippen LogP contribution is 2.31. The Hall–Kier alpha value is -1.36. The molecule has 0 radical (unpaired) electrons. The molecule has 4 nitrogen and oxygen atoms in total. The number of carbonyl (C=O) groups is 2.